The quantitative estimate of drug-likeness (QED) is 0.309. The van der Waals surface area contributed by atoms with Gasteiger partial charge in [-0.05, 0) is 54.0 Å². The standard InChI is InChI=1S/C28H32F2O4/c1-20(10-12-26(32)23-11-13-27(33)24(16-23)17-31)14-21-6-5-7-22(15-21)18-34-19-28(29,30)25-8-3-2-4-9-25/h2-9,11,13,15-16,20,26,31-33H,10,12,14,17-19H2,1H3/t20?,26-/m0/s1. The molecule has 6 heteroatoms. The van der Waals surface area contributed by atoms with Crippen LogP contribution in [0.5, 0.6) is 5.75 Å². The van der Waals surface area contributed by atoms with Gasteiger partial charge in [-0.3, -0.25) is 0 Å². The molecule has 1 unspecified atom stereocenters. The first-order chi connectivity index (χ1) is 16.3. The van der Waals surface area contributed by atoms with Crippen LogP contribution in [0.2, 0.25) is 0 Å². The summed E-state index contributed by atoms with van der Waals surface area (Å²) in [6, 6.07) is 20.2. The molecule has 0 saturated heterocycles. The van der Waals surface area contributed by atoms with E-state index in [9.17, 15) is 24.1 Å². The van der Waals surface area contributed by atoms with Crippen molar-refractivity contribution in [1.82, 2.24) is 0 Å². The lowest BCUT2D eigenvalue weighted by molar-refractivity contribution is -0.0873. The van der Waals surface area contributed by atoms with Gasteiger partial charge < -0.3 is 20.1 Å². The first-order valence-electron chi connectivity index (χ1n) is 11.5. The van der Waals surface area contributed by atoms with Crippen molar-refractivity contribution >= 4 is 0 Å². The number of alkyl halides is 2. The summed E-state index contributed by atoms with van der Waals surface area (Å²) in [7, 11) is 0. The van der Waals surface area contributed by atoms with Gasteiger partial charge in [0.05, 0.1) is 19.3 Å². The normalized spacial score (nSPS) is 13.6. The lowest BCUT2D eigenvalue weighted by Gasteiger charge is -2.18. The number of benzene rings is 3. The third-order valence-electron chi connectivity index (χ3n) is 5.92. The molecule has 0 bridgehead atoms. The largest absolute Gasteiger partial charge is 0.508 e. The second-order valence-electron chi connectivity index (χ2n) is 8.83. The van der Waals surface area contributed by atoms with E-state index in [1.54, 1.807) is 30.3 Å². The third-order valence-corrected chi connectivity index (χ3v) is 5.92. The Kier molecular flexibility index (Phi) is 9.16. The van der Waals surface area contributed by atoms with Crippen molar-refractivity contribution in [2.24, 2.45) is 5.92 Å². The highest BCUT2D eigenvalue weighted by molar-refractivity contribution is 5.36. The maximum atomic E-state index is 14.3. The van der Waals surface area contributed by atoms with Gasteiger partial charge in [-0.15, -0.1) is 0 Å². The number of phenols is 1. The molecule has 2 atom stereocenters. The number of aliphatic hydroxyl groups excluding tert-OH is 2. The van der Waals surface area contributed by atoms with Gasteiger partial charge in [0, 0.05) is 11.1 Å². The van der Waals surface area contributed by atoms with E-state index < -0.39 is 18.6 Å². The van der Waals surface area contributed by atoms with Crippen LogP contribution in [0.15, 0.2) is 72.8 Å². The summed E-state index contributed by atoms with van der Waals surface area (Å²) < 4.78 is 33.9. The van der Waals surface area contributed by atoms with Crippen LogP contribution in [0, 0.1) is 5.92 Å². The van der Waals surface area contributed by atoms with Crippen LogP contribution in [-0.2, 0) is 30.3 Å². The smallest absolute Gasteiger partial charge is 0.296 e. The lowest BCUT2D eigenvalue weighted by atomic mass is 9.92. The Morgan fingerprint density at radius 1 is 0.912 bits per heavy atom. The maximum Gasteiger partial charge on any atom is 0.296 e. The van der Waals surface area contributed by atoms with Crippen molar-refractivity contribution < 1.29 is 28.8 Å². The Morgan fingerprint density at radius 2 is 1.65 bits per heavy atom. The number of aromatic hydroxyl groups is 1. The van der Waals surface area contributed by atoms with Gasteiger partial charge in [0.15, 0.2) is 0 Å². The molecule has 0 aliphatic heterocycles. The molecule has 182 valence electrons. The minimum Gasteiger partial charge on any atom is -0.508 e. The highest BCUT2D eigenvalue weighted by Gasteiger charge is 2.31. The summed E-state index contributed by atoms with van der Waals surface area (Å²) >= 11 is 0. The zero-order chi connectivity index (χ0) is 24.6. The molecule has 0 heterocycles. The van der Waals surface area contributed by atoms with Crippen LogP contribution in [0.25, 0.3) is 0 Å². The molecule has 0 spiro atoms. The third kappa shape index (κ3) is 7.35. The van der Waals surface area contributed by atoms with Crippen LogP contribution >= 0.6 is 0 Å². The molecular formula is C28H32F2O4. The van der Waals surface area contributed by atoms with Crippen LogP contribution in [-0.4, -0.2) is 21.9 Å². The fourth-order valence-electron chi connectivity index (χ4n) is 3.96. The molecule has 0 radical (unpaired) electrons. The summed E-state index contributed by atoms with van der Waals surface area (Å²) in [5, 5.41) is 29.5. The summed E-state index contributed by atoms with van der Waals surface area (Å²) in [6.45, 7) is 1.25. The first-order valence-corrected chi connectivity index (χ1v) is 11.5. The van der Waals surface area contributed by atoms with E-state index in [0.717, 1.165) is 24.0 Å². The predicted octanol–water partition coefficient (Wildman–Crippen LogP) is 5.89. The molecule has 0 aliphatic carbocycles. The average molecular weight is 471 g/mol. The number of rotatable bonds is 12. The molecule has 0 aliphatic rings. The van der Waals surface area contributed by atoms with Crippen molar-refractivity contribution in [3.63, 3.8) is 0 Å². The van der Waals surface area contributed by atoms with Gasteiger partial charge in [-0.1, -0.05) is 67.6 Å². The van der Waals surface area contributed by atoms with Crippen LogP contribution in [0.1, 0.15) is 53.7 Å². The first kappa shape index (κ1) is 25.8. The molecule has 3 aromatic carbocycles. The fraction of sp³-hybridized carbons (Fsp3) is 0.357. The molecule has 0 aromatic heterocycles. The minimum absolute atomic E-state index is 0.0134. The second-order valence-corrected chi connectivity index (χ2v) is 8.83. The second kappa shape index (κ2) is 12.1. The van der Waals surface area contributed by atoms with E-state index in [4.69, 9.17) is 4.74 Å². The van der Waals surface area contributed by atoms with Gasteiger partial charge in [0.25, 0.3) is 5.92 Å². The summed E-state index contributed by atoms with van der Waals surface area (Å²) in [4.78, 5) is 0. The predicted molar refractivity (Wildman–Crippen MR) is 128 cm³/mol. The van der Waals surface area contributed by atoms with Crippen molar-refractivity contribution in [1.29, 1.82) is 0 Å². The number of ether oxygens (including phenoxy) is 1. The monoisotopic (exact) mass is 470 g/mol. The van der Waals surface area contributed by atoms with E-state index in [-0.39, 0.29) is 24.5 Å². The average Bonchev–Trinajstić information content (AvgIpc) is 2.83. The van der Waals surface area contributed by atoms with Gasteiger partial charge in [0.1, 0.15) is 12.4 Å². The van der Waals surface area contributed by atoms with Gasteiger partial charge in [-0.2, -0.15) is 8.78 Å². The summed E-state index contributed by atoms with van der Waals surface area (Å²) in [5.41, 5.74) is 2.93. The zero-order valence-corrected chi connectivity index (χ0v) is 19.3. The number of hydrogen-bond donors (Lipinski definition) is 3. The van der Waals surface area contributed by atoms with E-state index in [1.807, 2.05) is 24.3 Å². The van der Waals surface area contributed by atoms with E-state index in [0.29, 0.717) is 23.5 Å². The summed E-state index contributed by atoms with van der Waals surface area (Å²) in [6.07, 6.45) is 1.44. The molecular weight excluding hydrogens is 438 g/mol. The highest BCUT2D eigenvalue weighted by atomic mass is 19.3. The van der Waals surface area contributed by atoms with Crippen LogP contribution in [0.4, 0.5) is 8.78 Å². The molecule has 0 amide bonds. The molecule has 4 nitrogen and oxygen atoms in total. The number of hydrogen-bond acceptors (Lipinski definition) is 4. The molecule has 0 fully saturated rings. The SMILES string of the molecule is CC(CC[C@H](O)c1ccc(O)c(CO)c1)Cc1cccc(COCC(F)(F)c2ccccc2)c1. The molecule has 3 aromatic rings. The van der Waals surface area contributed by atoms with Crippen molar-refractivity contribution in [3.05, 3.63) is 101 Å². The van der Waals surface area contributed by atoms with Gasteiger partial charge in [-0.25, -0.2) is 0 Å². The topological polar surface area (TPSA) is 69.9 Å². The molecule has 34 heavy (non-hydrogen) atoms. The lowest BCUT2D eigenvalue weighted by Crippen LogP contribution is -2.21. The fourth-order valence-corrected chi connectivity index (χ4v) is 3.96. The van der Waals surface area contributed by atoms with Crippen LogP contribution in [0.3, 0.4) is 0 Å². The highest BCUT2D eigenvalue weighted by Crippen LogP contribution is 2.29. The summed E-state index contributed by atoms with van der Waals surface area (Å²) in [5.74, 6) is -2.73. The van der Waals surface area contributed by atoms with E-state index in [2.05, 4.69) is 6.92 Å². The Labute approximate surface area is 199 Å². The van der Waals surface area contributed by atoms with Gasteiger partial charge in [0.2, 0.25) is 0 Å². The number of aliphatic hydroxyl groups is 2. The van der Waals surface area contributed by atoms with E-state index >= 15 is 0 Å². The van der Waals surface area contributed by atoms with Crippen molar-refractivity contribution in [2.45, 2.75) is 51.4 Å². The molecule has 3 N–H and O–H groups in total. The molecule has 0 saturated carbocycles. The van der Waals surface area contributed by atoms with E-state index in [1.165, 1.54) is 18.2 Å². The Balaban J connectivity index is 1.48. The zero-order valence-electron chi connectivity index (χ0n) is 19.3. The Bertz CT molecular complexity index is 1040. The molecule has 3 rings (SSSR count). The van der Waals surface area contributed by atoms with Crippen molar-refractivity contribution in [3.8, 4) is 5.75 Å². The minimum atomic E-state index is -3.04. The van der Waals surface area contributed by atoms with Crippen LogP contribution < -0.4 is 0 Å². The van der Waals surface area contributed by atoms with Gasteiger partial charge >= 0.3 is 0 Å². The van der Waals surface area contributed by atoms with Crippen molar-refractivity contribution in [2.75, 3.05) is 6.61 Å². The maximum absolute atomic E-state index is 14.3. The number of halogens is 2. The Morgan fingerprint density at radius 3 is 2.38 bits per heavy atom. The Hall–Kier alpha value is -2.80.